The Morgan fingerprint density at radius 2 is 1.61 bits per heavy atom. The highest BCUT2D eigenvalue weighted by atomic mass is 32.1. The average Bonchev–Trinajstić information content (AvgIpc) is 3.40. The van der Waals surface area contributed by atoms with Crippen molar-refractivity contribution >= 4 is 35.0 Å². The first-order chi connectivity index (χ1) is 16.2. The van der Waals surface area contributed by atoms with E-state index in [0.29, 0.717) is 10.8 Å². The number of para-hydroxylation sites is 2. The van der Waals surface area contributed by atoms with Crippen molar-refractivity contribution in [1.29, 1.82) is 0 Å². The SMILES string of the molecule is CCc1ccccc1N1C(=O)/C(=C\c2cn(-c3ccccc3)nc2-c2ccccc2)NC1=S. The molecule has 1 aliphatic rings. The van der Waals surface area contributed by atoms with Gasteiger partial charge in [-0.05, 0) is 48.5 Å². The molecule has 6 heteroatoms. The fourth-order valence-corrected chi connectivity index (χ4v) is 4.25. The number of aryl methyl sites for hydroxylation is 1. The molecule has 0 radical (unpaired) electrons. The van der Waals surface area contributed by atoms with Crippen molar-refractivity contribution in [2.75, 3.05) is 4.90 Å². The highest BCUT2D eigenvalue weighted by Crippen LogP contribution is 2.29. The lowest BCUT2D eigenvalue weighted by atomic mass is 10.1. The second-order valence-electron chi connectivity index (χ2n) is 7.69. The third kappa shape index (κ3) is 3.97. The molecule has 0 unspecified atom stereocenters. The predicted octanol–water partition coefficient (Wildman–Crippen LogP) is 5.36. The number of carbonyl (C=O) groups is 1. The topological polar surface area (TPSA) is 50.2 Å². The predicted molar refractivity (Wildman–Crippen MR) is 136 cm³/mol. The van der Waals surface area contributed by atoms with Crippen molar-refractivity contribution in [1.82, 2.24) is 15.1 Å². The van der Waals surface area contributed by atoms with E-state index in [0.717, 1.165) is 40.2 Å². The van der Waals surface area contributed by atoms with E-state index in [2.05, 4.69) is 12.2 Å². The number of amides is 1. The molecule has 33 heavy (non-hydrogen) atoms. The summed E-state index contributed by atoms with van der Waals surface area (Å²) in [5, 5.41) is 8.32. The number of thiocarbonyl (C=S) groups is 1. The molecule has 1 fully saturated rings. The molecule has 3 aromatic carbocycles. The number of nitrogens with zero attached hydrogens (tertiary/aromatic N) is 3. The van der Waals surface area contributed by atoms with Crippen molar-refractivity contribution in [3.63, 3.8) is 0 Å². The van der Waals surface area contributed by atoms with Gasteiger partial charge in [-0.2, -0.15) is 5.10 Å². The first-order valence-electron chi connectivity index (χ1n) is 10.8. The van der Waals surface area contributed by atoms with Gasteiger partial charge >= 0.3 is 0 Å². The third-order valence-electron chi connectivity index (χ3n) is 5.60. The molecule has 0 aliphatic carbocycles. The molecule has 162 valence electrons. The largest absolute Gasteiger partial charge is 0.327 e. The summed E-state index contributed by atoms with van der Waals surface area (Å²) in [4.78, 5) is 15.0. The Balaban J connectivity index is 1.58. The molecule has 1 aliphatic heterocycles. The van der Waals surface area contributed by atoms with Crippen LogP contribution in [0.4, 0.5) is 5.69 Å². The van der Waals surface area contributed by atoms with Gasteiger partial charge in [0.1, 0.15) is 11.4 Å². The Morgan fingerprint density at radius 1 is 0.939 bits per heavy atom. The molecule has 1 aromatic heterocycles. The van der Waals surface area contributed by atoms with Gasteiger partial charge in [0.2, 0.25) is 0 Å². The zero-order valence-corrected chi connectivity index (χ0v) is 18.9. The number of nitrogens with one attached hydrogen (secondary N) is 1. The van der Waals surface area contributed by atoms with Crippen LogP contribution in [0.15, 0.2) is 96.8 Å². The molecule has 1 amide bonds. The summed E-state index contributed by atoms with van der Waals surface area (Å²) in [6.07, 6.45) is 4.58. The monoisotopic (exact) mass is 450 g/mol. The molecule has 0 atom stereocenters. The Morgan fingerprint density at radius 3 is 2.33 bits per heavy atom. The molecule has 0 saturated carbocycles. The first kappa shape index (κ1) is 20.8. The molecule has 1 N–H and O–H groups in total. The second kappa shape index (κ2) is 8.84. The van der Waals surface area contributed by atoms with Crippen molar-refractivity contribution in [3.8, 4) is 16.9 Å². The van der Waals surface area contributed by atoms with Crippen LogP contribution in [0.5, 0.6) is 0 Å². The second-order valence-corrected chi connectivity index (χ2v) is 8.08. The molecule has 0 spiro atoms. The van der Waals surface area contributed by atoms with E-state index in [-0.39, 0.29) is 5.91 Å². The number of aromatic nitrogens is 2. The van der Waals surface area contributed by atoms with E-state index >= 15 is 0 Å². The molecular weight excluding hydrogens is 428 g/mol. The number of anilines is 1. The van der Waals surface area contributed by atoms with Gasteiger partial charge in [0.25, 0.3) is 5.91 Å². The van der Waals surface area contributed by atoms with E-state index in [1.54, 1.807) is 4.90 Å². The zero-order valence-electron chi connectivity index (χ0n) is 18.1. The van der Waals surface area contributed by atoms with Crippen LogP contribution < -0.4 is 10.2 Å². The van der Waals surface area contributed by atoms with Gasteiger partial charge in [-0.3, -0.25) is 9.69 Å². The summed E-state index contributed by atoms with van der Waals surface area (Å²) in [5.74, 6) is -0.174. The lowest BCUT2D eigenvalue weighted by Crippen LogP contribution is -2.31. The van der Waals surface area contributed by atoms with Gasteiger partial charge in [0.05, 0.1) is 11.4 Å². The molecule has 1 saturated heterocycles. The van der Waals surface area contributed by atoms with E-state index in [1.165, 1.54) is 0 Å². The highest BCUT2D eigenvalue weighted by molar-refractivity contribution is 7.80. The van der Waals surface area contributed by atoms with Crippen LogP contribution in [0.1, 0.15) is 18.1 Å². The maximum absolute atomic E-state index is 13.4. The fraction of sp³-hybridized carbons (Fsp3) is 0.0741. The van der Waals surface area contributed by atoms with Crippen molar-refractivity contribution in [3.05, 3.63) is 108 Å². The summed E-state index contributed by atoms with van der Waals surface area (Å²) in [5.41, 5.74) is 5.84. The van der Waals surface area contributed by atoms with Gasteiger partial charge in [-0.25, -0.2) is 4.68 Å². The van der Waals surface area contributed by atoms with Gasteiger partial charge in [-0.1, -0.05) is 73.7 Å². The van der Waals surface area contributed by atoms with Crippen LogP contribution in [-0.2, 0) is 11.2 Å². The van der Waals surface area contributed by atoms with Gasteiger partial charge in [0, 0.05) is 17.3 Å². The van der Waals surface area contributed by atoms with E-state index in [4.69, 9.17) is 17.3 Å². The van der Waals surface area contributed by atoms with Gasteiger partial charge < -0.3 is 5.32 Å². The minimum Gasteiger partial charge on any atom is -0.327 e. The van der Waals surface area contributed by atoms with Crippen molar-refractivity contribution < 1.29 is 4.79 Å². The maximum atomic E-state index is 13.4. The molecule has 0 bridgehead atoms. The normalized spacial score (nSPS) is 14.7. The zero-order chi connectivity index (χ0) is 22.8. The van der Waals surface area contributed by atoms with Crippen LogP contribution in [0.25, 0.3) is 23.0 Å². The highest BCUT2D eigenvalue weighted by Gasteiger charge is 2.33. The lowest BCUT2D eigenvalue weighted by Gasteiger charge is -2.17. The number of benzene rings is 3. The quantitative estimate of drug-likeness (QED) is 0.328. The summed E-state index contributed by atoms with van der Waals surface area (Å²) in [6.45, 7) is 2.07. The smallest absolute Gasteiger partial charge is 0.281 e. The Hall–Kier alpha value is -4.03. The Kier molecular flexibility index (Phi) is 5.59. The summed E-state index contributed by atoms with van der Waals surface area (Å²) in [6, 6.07) is 27.7. The fourth-order valence-electron chi connectivity index (χ4n) is 3.96. The van der Waals surface area contributed by atoms with Crippen molar-refractivity contribution in [2.24, 2.45) is 0 Å². The number of hydrogen-bond donors (Lipinski definition) is 1. The standard InChI is InChI=1S/C27H22N4OS/c1-2-19-11-9-10-16-24(19)31-26(32)23(28-27(31)33)17-21-18-30(22-14-7-4-8-15-22)29-25(21)20-12-5-3-6-13-20/h3-18H,2H2,1H3,(H,28,33)/b23-17+. The van der Waals surface area contributed by atoms with E-state index in [9.17, 15) is 4.79 Å². The van der Waals surface area contributed by atoms with Crippen LogP contribution in [-0.4, -0.2) is 20.8 Å². The summed E-state index contributed by atoms with van der Waals surface area (Å²) < 4.78 is 1.83. The number of hydrogen-bond acceptors (Lipinski definition) is 3. The van der Waals surface area contributed by atoms with Crippen LogP contribution >= 0.6 is 12.2 Å². The average molecular weight is 451 g/mol. The molecule has 2 heterocycles. The molecule has 5 rings (SSSR count). The minimum atomic E-state index is -0.174. The van der Waals surface area contributed by atoms with E-state index < -0.39 is 0 Å². The Labute approximate surface area is 198 Å². The molecule has 4 aromatic rings. The van der Waals surface area contributed by atoms with Crippen molar-refractivity contribution in [2.45, 2.75) is 13.3 Å². The van der Waals surface area contributed by atoms with E-state index in [1.807, 2.05) is 102 Å². The van der Waals surface area contributed by atoms with Gasteiger partial charge in [-0.15, -0.1) is 0 Å². The first-order valence-corrected chi connectivity index (χ1v) is 11.2. The van der Waals surface area contributed by atoms with Crippen LogP contribution in [0.3, 0.4) is 0 Å². The van der Waals surface area contributed by atoms with Crippen LogP contribution in [0.2, 0.25) is 0 Å². The lowest BCUT2D eigenvalue weighted by molar-refractivity contribution is -0.113. The maximum Gasteiger partial charge on any atom is 0.281 e. The Bertz CT molecular complexity index is 1360. The summed E-state index contributed by atoms with van der Waals surface area (Å²) in [7, 11) is 0. The number of rotatable bonds is 5. The number of carbonyl (C=O) groups excluding carboxylic acids is 1. The third-order valence-corrected chi connectivity index (χ3v) is 5.89. The van der Waals surface area contributed by atoms with Crippen LogP contribution in [0, 0.1) is 0 Å². The van der Waals surface area contributed by atoms with Gasteiger partial charge in [0.15, 0.2) is 5.11 Å². The minimum absolute atomic E-state index is 0.174. The molecular formula is C27H22N4OS. The molecule has 5 nitrogen and oxygen atoms in total. The summed E-state index contributed by atoms with van der Waals surface area (Å²) >= 11 is 5.54.